The van der Waals surface area contributed by atoms with Crippen LogP contribution in [0.2, 0.25) is 0 Å². The van der Waals surface area contributed by atoms with Crippen LogP contribution in [0.3, 0.4) is 0 Å². The van der Waals surface area contributed by atoms with Gasteiger partial charge in [0.1, 0.15) is 0 Å². The smallest absolute Gasteiger partial charge is 0.254 e. The van der Waals surface area contributed by atoms with Gasteiger partial charge in [-0.15, -0.1) is 0 Å². The van der Waals surface area contributed by atoms with Gasteiger partial charge in [0, 0.05) is 38.7 Å². The van der Waals surface area contributed by atoms with E-state index in [4.69, 9.17) is 0 Å². The molecule has 3 rings (SSSR count). The van der Waals surface area contributed by atoms with Gasteiger partial charge in [0.2, 0.25) is 5.95 Å². The summed E-state index contributed by atoms with van der Waals surface area (Å²) in [6.07, 6.45) is 7.95. The number of aromatic nitrogens is 4. The van der Waals surface area contributed by atoms with Crippen molar-refractivity contribution in [1.29, 1.82) is 0 Å². The van der Waals surface area contributed by atoms with E-state index in [1.165, 1.54) is 6.20 Å². The number of hydrogen-bond donors (Lipinski definition) is 2. The number of carbonyl (C=O) groups is 1. The molecule has 2 aromatic heterocycles. The second kappa shape index (κ2) is 6.33. The van der Waals surface area contributed by atoms with Crippen molar-refractivity contribution in [3.63, 3.8) is 0 Å². The average Bonchev–Trinajstić information content (AvgIpc) is 3.00. The molecule has 8 nitrogen and oxygen atoms in total. The molecule has 2 N–H and O–H groups in total. The van der Waals surface area contributed by atoms with Crippen LogP contribution in [0.4, 0.5) is 5.95 Å². The van der Waals surface area contributed by atoms with Crippen LogP contribution in [0.25, 0.3) is 0 Å². The fourth-order valence-corrected chi connectivity index (χ4v) is 2.77. The topological polar surface area (TPSA) is 96.2 Å². The minimum atomic E-state index is -0.991. The summed E-state index contributed by atoms with van der Waals surface area (Å²) in [5.41, 5.74) is -0.509. The Hall–Kier alpha value is -2.48. The van der Waals surface area contributed by atoms with Gasteiger partial charge in [-0.1, -0.05) is 0 Å². The number of anilines is 1. The summed E-state index contributed by atoms with van der Waals surface area (Å²) in [5.74, 6) is 0.365. The van der Waals surface area contributed by atoms with E-state index in [-0.39, 0.29) is 12.5 Å². The zero-order chi connectivity index (χ0) is 16.3. The fourth-order valence-electron chi connectivity index (χ4n) is 2.77. The molecule has 8 heteroatoms. The third kappa shape index (κ3) is 3.65. The Labute approximate surface area is 134 Å². The van der Waals surface area contributed by atoms with Gasteiger partial charge < -0.3 is 15.3 Å². The van der Waals surface area contributed by atoms with Crippen molar-refractivity contribution in [3.8, 4) is 0 Å². The number of carbonyl (C=O) groups excluding carboxylic acids is 1. The van der Waals surface area contributed by atoms with Crippen LogP contribution in [-0.2, 0) is 7.05 Å². The van der Waals surface area contributed by atoms with Gasteiger partial charge in [0.25, 0.3) is 5.91 Å². The molecule has 1 saturated heterocycles. The first-order valence-electron chi connectivity index (χ1n) is 7.57. The molecule has 0 bridgehead atoms. The first-order chi connectivity index (χ1) is 11.1. The zero-order valence-electron chi connectivity index (χ0n) is 13.0. The number of amides is 1. The summed E-state index contributed by atoms with van der Waals surface area (Å²) >= 11 is 0. The van der Waals surface area contributed by atoms with E-state index >= 15 is 0 Å². The molecule has 0 saturated carbocycles. The molecule has 1 aliphatic rings. The number of nitrogens with zero attached hydrogens (tertiary/aromatic N) is 5. The number of rotatable bonds is 4. The lowest BCUT2D eigenvalue weighted by molar-refractivity contribution is 0.0252. The molecular formula is C15H20N6O2. The van der Waals surface area contributed by atoms with E-state index in [1.807, 2.05) is 4.90 Å². The number of piperidine rings is 1. The highest BCUT2D eigenvalue weighted by molar-refractivity contribution is 5.93. The third-order valence-electron chi connectivity index (χ3n) is 3.94. The van der Waals surface area contributed by atoms with E-state index in [1.54, 1.807) is 36.4 Å². The molecule has 0 spiro atoms. The number of hydrogen-bond acceptors (Lipinski definition) is 6. The number of nitrogens with one attached hydrogen (secondary N) is 1. The second-order valence-corrected chi connectivity index (χ2v) is 5.88. The third-order valence-corrected chi connectivity index (χ3v) is 3.94. The Bertz CT molecular complexity index is 674. The Morgan fingerprint density at radius 3 is 2.91 bits per heavy atom. The van der Waals surface area contributed by atoms with Crippen LogP contribution in [0.1, 0.15) is 23.2 Å². The fraction of sp³-hybridized carbons (Fsp3) is 0.467. The maximum absolute atomic E-state index is 12.1. The first kappa shape index (κ1) is 15.4. The van der Waals surface area contributed by atoms with Gasteiger partial charge in [0.15, 0.2) is 0 Å². The molecule has 1 atom stereocenters. The van der Waals surface area contributed by atoms with E-state index in [0.717, 1.165) is 13.0 Å². The Morgan fingerprint density at radius 1 is 1.43 bits per heavy atom. The van der Waals surface area contributed by atoms with Crippen molar-refractivity contribution in [2.75, 3.05) is 24.5 Å². The lowest BCUT2D eigenvalue weighted by atomic mass is 9.93. The Balaban J connectivity index is 1.61. The van der Waals surface area contributed by atoms with Gasteiger partial charge >= 0.3 is 0 Å². The maximum atomic E-state index is 12.1. The predicted octanol–water partition coefficient (Wildman–Crippen LogP) is -0.0286. The molecular weight excluding hydrogens is 296 g/mol. The second-order valence-electron chi connectivity index (χ2n) is 5.88. The van der Waals surface area contributed by atoms with Crippen LogP contribution in [0, 0.1) is 0 Å². The summed E-state index contributed by atoms with van der Waals surface area (Å²) in [6.45, 7) is 1.37. The Morgan fingerprint density at radius 2 is 2.22 bits per heavy atom. The molecule has 122 valence electrons. The minimum Gasteiger partial charge on any atom is -0.386 e. The summed E-state index contributed by atoms with van der Waals surface area (Å²) in [5, 5.41) is 17.5. The molecule has 0 aromatic carbocycles. The Kier molecular flexibility index (Phi) is 4.24. The van der Waals surface area contributed by atoms with Crippen molar-refractivity contribution in [1.82, 2.24) is 25.1 Å². The average molecular weight is 316 g/mol. The summed E-state index contributed by atoms with van der Waals surface area (Å²) < 4.78 is 1.57. The van der Waals surface area contributed by atoms with E-state index in [0.29, 0.717) is 24.5 Å². The van der Waals surface area contributed by atoms with Gasteiger partial charge in [-0.3, -0.25) is 9.48 Å². The van der Waals surface area contributed by atoms with Gasteiger partial charge in [-0.05, 0) is 18.9 Å². The number of aliphatic hydroxyl groups is 1. The molecule has 1 fully saturated rings. The number of β-amino-alcohol motifs (C(OH)–C–C–N with tert-alkyl or cyclic N) is 1. The molecule has 1 aliphatic heterocycles. The lowest BCUT2D eigenvalue weighted by Crippen LogP contribution is -2.54. The quantitative estimate of drug-likeness (QED) is 0.822. The summed E-state index contributed by atoms with van der Waals surface area (Å²) in [7, 11) is 1.75. The molecule has 23 heavy (non-hydrogen) atoms. The van der Waals surface area contributed by atoms with E-state index < -0.39 is 5.60 Å². The zero-order valence-corrected chi connectivity index (χ0v) is 13.0. The molecule has 0 aliphatic carbocycles. The van der Waals surface area contributed by atoms with E-state index in [2.05, 4.69) is 20.4 Å². The predicted molar refractivity (Wildman–Crippen MR) is 84.0 cm³/mol. The van der Waals surface area contributed by atoms with Crippen molar-refractivity contribution < 1.29 is 9.90 Å². The molecule has 0 radical (unpaired) electrons. The van der Waals surface area contributed by atoms with Gasteiger partial charge in [0.05, 0.1) is 23.9 Å². The van der Waals surface area contributed by atoms with Crippen molar-refractivity contribution in [2.24, 2.45) is 7.05 Å². The van der Waals surface area contributed by atoms with Crippen LogP contribution in [-0.4, -0.2) is 56.0 Å². The maximum Gasteiger partial charge on any atom is 0.254 e. The van der Waals surface area contributed by atoms with Crippen LogP contribution in [0.5, 0.6) is 0 Å². The monoisotopic (exact) mass is 316 g/mol. The van der Waals surface area contributed by atoms with Crippen LogP contribution >= 0.6 is 0 Å². The molecule has 1 amide bonds. The van der Waals surface area contributed by atoms with Crippen LogP contribution in [0.15, 0.2) is 30.9 Å². The molecule has 2 aromatic rings. The molecule has 3 heterocycles. The van der Waals surface area contributed by atoms with Crippen molar-refractivity contribution in [3.05, 3.63) is 36.4 Å². The van der Waals surface area contributed by atoms with Crippen molar-refractivity contribution in [2.45, 2.75) is 18.4 Å². The number of aryl methyl sites for hydroxylation is 1. The largest absolute Gasteiger partial charge is 0.386 e. The van der Waals surface area contributed by atoms with Crippen molar-refractivity contribution >= 4 is 11.9 Å². The highest BCUT2D eigenvalue weighted by Crippen LogP contribution is 2.23. The summed E-state index contributed by atoms with van der Waals surface area (Å²) in [4.78, 5) is 22.5. The first-order valence-corrected chi connectivity index (χ1v) is 7.57. The molecule has 0 unspecified atom stereocenters. The SMILES string of the molecule is Cn1cc(C(=O)NC[C@@]2(O)CCCN(c3ncccn3)C2)cn1. The normalized spacial score (nSPS) is 21.2. The highest BCUT2D eigenvalue weighted by atomic mass is 16.3. The highest BCUT2D eigenvalue weighted by Gasteiger charge is 2.34. The van der Waals surface area contributed by atoms with E-state index in [9.17, 15) is 9.90 Å². The summed E-state index contributed by atoms with van der Waals surface area (Å²) in [6, 6.07) is 1.76. The van der Waals surface area contributed by atoms with Crippen LogP contribution < -0.4 is 10.2 Å². The standard InChI is InChI=1S/C15H20N6O2/c1-20-9-12(8-19-20)13(22)18-10-15(23)4-2-7-21(11-15)14-16-5-3-6-17-14/h3,5-6,8-9,23H,2,4,7,10-11H2,1H3,(H,18,22)/t15-/m0/s1. The lowest BCUT2D eigenvalue weighted by Gasteiger charge is -2.39. The van der Waals surface area contributed by atoms with Gasteiger partial charge in [-0.2, -0.15) is 5.10 Å². The minimum absolute atomic E-state index is 0.185. The van der Waals surface area contributed by atoms with Gasteiger partial charge in [-0.25, -0.2) is 9.97 Å².